The molecule has 1 heterocycles. The van der Waals surface area contributed by atoms with Crippen molar-refractivity contribution < 1.29 is 0 Å². The summed E-state index contributed by atoms with van der Waals surface area (Å²) in [5.41, 5.74) is 4.95. The van der Waals surface area contributed by atoms with Gasteiger partial charge in [-0.15, -0.1) is 0 Å². The molecule has 0 N–H and O–H groups in total. The zero-order valence-corrected chi connectivity index (χ0v) is 25.8. The van der Waals surface area contributed by atoms with Crippen LogP contribution in [0.2, 0.25) is 26.2 Å². The first-order chi connectivity index (χ1) is 19.7. The van der Waals surface area contributed by atoms with E-state index in [4.69, 9.17) is 0 Å². The van der Waals surface area contributed by atoms with Crippen molar-refractivity contribution in [1.82, 2.24) is 4.57 Å². The molecule has 0 unspecified atom stereocenters. The number of benzene rings is 5. The monoisotopic (exact) mass is 561 g/mol. The quantitative estimate of drug-likeness (QED) is 0.236. The molecule has 0 saturated heterocycles. The molecule has 0 bridgehead atoms. The Balaban J connectivity index is 1.57. The van der Waals surface area contributed by atoms with E-state index in [2.05, 4.69) is 134 Å². The number of hydrogen-bond donors (Lipinski definition) is 0. The summed E-state index contributed by atoms with van der Waals surface area (Å²) in [5.74, 6) is 0. The highest BCUT2D eigenvalue weighted by molar-refractivity contribution is 7.01. The van der Waals surface area contributed by atoms with Crippen molar-refractivity contribution in [3.05, 3.63) is 126 Å². The van der Waals surface area contributed by atoms with Gasteiger partial charge in [0.2, 0.25) is 0 Å². The Morgan fingerprint density at radius 3 is 1.27 bits per heavy atom. The predicted molar refractivity (Wildman–Crippen MR) is 177 cm³/mol. The highest BCUT2D eigenvalue weighted by atomic mass is 28.3. The largest absolute Gasteiger partial charge is 0.309 e. The maximum Gasteiger partial charge on any atom is 0.112 e. The van der Waals surface area contributed by atoms with Gasteiger partial charge < -0.3 is 4.57 Å². The van der Waals surface area contributed by atoms with Gasteiger partial charge in [-0.1, -0.05) is 114 Å². The van der Waals surface area contributed by atoms with Gasteiger partial charge in [-0.25, -0.2) is 0 Å². The Hall–Kier alpha value is -4.69. The highest BCUT2D eigenvalue weighted by Crippen LogP contribution is 2.32. The topological polar surface area (TPSA) is 52.5 Å². The molecule has 0 spiro atoms. The number of nitriles is 2. The van der Waals surface area contributed by atoms with Gasteiger partial charge in [0.1, 0.15) is 16.1 Å². The maximum absolute atomic E-state index is 9.29. The van der Waals surface area contributed by atoms with Crippen LogP contribution in [-0.2, 0) is 0 Å². The van der Waals surface area contributed by atoms with Crippen LogP contribution in [0, 0.1) is 22.7 Å². The van der Waals surface area contributed by atoms with Crippen molar-refractivity contribution in [1.29, 1.82) is 10.5 Å². The van der Waals surface area contributed by atoms with Crippen molar-refractivity contribution in [3.8, 4) is 17.8 Å². The van der Waals surface area contributed by atoms with Crippen molar-refractivity contribution in [3.63, 3.8) is 0 Å². The normalized spacial score (nSPS) is 11.9. The molecule has 0 saturated carbocycles. The van der Waals surface area contributed by atoms with E-state index in [0.717, 1.165) is 5.69 Å². The smallest absolute Gasteiger partial charge is 0.112 e. The van der Waals surface area contributed by atoms with E-state index in [9.17, 15) is 10.5 Å². The third-order valence-electron chi connectivity index (χ3n) is 8.69. The Bertz CT molecular complexity index is 1860. The number of nitrogens with zero attached hydrogens (tertiary/aromatic N) is 3. The minimum atomic E-state index is -2.01. The third-order valence-corrected chi connectivity index (χ3v) is 15.8. The minimum absolute atomic E-state index is 0.696. The zero-order chi connectivity index (χ0) is 28.8. The summed E-state index contributed by atoms with van der Waals surface area (Å²) in [4.78, 5) is 0. The Kier molecular flexibility index (Phi) is 6.51. The lowest BCUT2D eigenvalue weighted by Crippen LogP contribution is -2.53. The Morgan fingerprint density at radius 1 is 0.488 bits per heavy atom. The first-order valence-electron chi connectivity index (χ1n) is 13.9. The average Bonchev–Trinajstić information content (AvgIpc) is 3.34. The van der Waals surface area contributed by atoms with E-state index in [-0.39, 0.29) is 0 Å². The van der Waals surface area contributed by atoms with Crippen LogP contribution < -0.4 is 20.7 Å². The summed E-state index contributed by atoms with van der Waals surface area (Å²) in [7, 11) is -4.03. The van der Waals surface area contributed by atoms with E-state index in [1.165, 1.54) is 42.6 Å². The van der Waals surface area contributed by atoms with Crippen LogP contribution in [-0.4, -0.2) is 20.7 Å². The highest BCUT2D eigenvalue weighted by Gasteiger charge is 2.29. The second-order valence-corrected chi connectivity index (χ2v) is 20.6. The molecule has 0 atom stereocenters. The predicted octanol–water partition coefficient (Wildman–Crippen LogP) is 6.17. The average molecular weight is 562 g/mol. The Morgan fingerprint density at radius 2 is 0.878 bits per heavy atom. The van der Waals surface area contributed by atoms with Gasteiger partial charge in [-0.3, -0.25) is 0 Å². The summed E-state index contributed by atoms with van der Waals surface area (Å²) in [6.45, 7) is 9.55. The van der Waals surface area contributed by atoms with E-state index in [1.807, 2.05) is 24.3 Å². The van der Waals surface area contributed by atoms with Gasteiger partial charge in [-0.2, -0.15) is 10.5 Å². The molecular weight excluding hydrogens is 531 g/mol. The number of hydrogen-bond acceptors (Lipinski definition) is 2. The van der Waals surface area contributed by atoms with Crippen molar-refractivity contribution in [2.45, 2.75) is 26.2 Å². The van der Waals surface area contributed by atoms with Crippen LogP contribution in [0.4, 0.5) is 0 Å². The molecule has 0 amide bonds. The summed E-state index contributed by atoms with van der Waals surface area (Å²) in [6, 6.07) is 45.4. The Labute approximate surface area is 243 Å². The molecule has 3 nitrogen and oxygen atoms in total. The van der Waals surface area contributed by atoms with Crippen LogP contribution in [0.5, 0.6) is 0 Å². The van der Waals surface area contributed by atoms with Gasteiger partial charge in [-0.05, 0) is 48.5 Å². The van der Waals surface area contributed by atoms with Crippen molar-refractivity contribution in [2.75, 3.05) is 0 Å². The van der Waals surface area contributed by atoms with E-state index < -0.39 is 16.1 Å². The summed E-state index contributed by atoms with van der Waals surface area (Å²) in [5, 5.41) is 26.5. The van der Waals surface area contributed by atoms with Crippen molar-refractivity contribution in [2.24, 2.45) is 0 Å². The molecule has 6 rings (SSSR count). The van der Waals surface area contributed by atoms with Gasteiger partial charge >= 0.3 is 0 Å². The number of rotatable bonds is 5. The SMILES string of the molecule is C[Si](C)(c1ccc(C#N)cc1)c1ccc2c(c1)c1cc([Si](C)(C)c3ccc(C#N)cc3)ccc1n2-c1ccccc1. The van der Waals surface area contributed by atoms with Gasteiger partial charge in [0.15, 0.2) is 0 Å². The summed E-state index contributed by atoms with van der Waals surface area (Å²) in [6.07, 6.45) is 0. The molecular formula is C36H31N3Si2. The molecule has 0 fully saturated rings. The first-order valence-corrected chi connectivity index (χ1v) is 19.9. The fourth-order valence-electron chi connectivity index (χ4n) is 5.91. The third kappa shape index (κ3) is 4.50. The molecule has 41 heavy (non-hydrogen) atoms. The number of fused-ring (bicyclic) bond motifs is 3. The summed E-state index contributed by atoms with van der Waals surface area (Å²) < 4.78 is 2.38. The summed E-state index contributed by atoms with van der Waals surface area (Å²) >= 11 is 0. The molecule has 0 aliphatic heterocycles. The van der Waals surface area contributed by atoms with Crippen LogP contribution in [0.15, 0.2) is 115 Å². The molecule has 6 aromatic rings. The molecule has 0 aliphatic rings. The fourth-order valence-corrected chi connectivity index (χ4v) is 10.6. The van der Waals surface area contributed by atoms with Crippen molar-refractivity contribution >= 4 is 58.7 Å². The lowest BCUT2D eigenvalue weighted by molar-refractivity contribution is 1.18. The zero-order valence-electron chi connectivity index (χ0n) is 23.8. The van der Waals surface area contributed by atoms with Gasteiger partial charge in [0.05, 0.1) is 34.3 Å². The molecule has 5 aromatic carbocycles. The molecule has 1 aromatic heterocycles. The minimum Gasteiger partial charge on any atom is -0.309 e. The lowest BCUT2D eigenvalue weighted by Gasteiger charge is -2.24. The van der Waals surface area contributed by atoms with Crippen LogP contribution in [0.3, 0.4) is 0 Å². The van der Waals surface area contributed by atoms with E-state index in [0.29, 0.717) is 11.1 Å². The second kappa shape index (κ2) is 10.1. The molecule has 0 radical (unpaired) electrons. The lowest BCUT2D eigenvalue weighted by atomic mass is 10.1. The number of para-hydroxylation sites is 1. The van der Waals surface area contributed by atoms with Gasteiger partial charge in [0.25, 0.3) is 0 Å². The second-order valence-electron chi connectivity index (χ2n) is 11.8. The van der Waals surface area contributed by atoms with E-state index in [1.54, 1.807) is 0 Å². The van der Waals surface area contributed by atoms with Crippen LogP contribution in [0.1, 0.15) is 11.1 Å². The number of aromatic nitrogens is 1. The van der Waals surface area contributed by atoms with E-state index >= 15 is 0 Å². The van der Waals surface area contributed by atoms with Gasteiger partial charge in [0, 0.05) is 16.5 Å². The first kappa shape index (κ1) is 26.5. The van der Waals surface area contributed by atoms with Crippen LogP contribution in [0.25, 0.3) is 27.5 Å². The standard InChI is InChI=1S/C36H31N3Si2/c1-40(2,29-14-10-26(24-37)11-15-29)31-18-20-35-33(22-31)34-23-32(41(3,4)30-16-12-27(25-38)13-17-30)19-21-36(34)39(35)28-8-6-5-7-9-28/h5-23H,1-4H3. The van der Waals surface area contributed by atoms with Crippen LogP contribution >= 0.6 is 0 Å². The fraction of sp³-hybridized carbons (Fsp3) is 0.111. The molecule has 0 aliphatic carbocycles. The molecule has 5 heteroatoms. The molecule has 198 valence electrons. The maximum atomic E-state index is 9.29.